The molecule has 7 nitrogen and oxygen atoms in total. The molecule has 0 amide bonds. The molecule has 0 bridgehead atoms. The van der Waals surface area contributed by atoms with Crippen molar-refractivity contribution >= 4 is 15.8 Å². The Morgan fingerprint density at radius 2 is 2.32 bits per heavy atom. The van der Waals surface area contributed by atoms with Gasteiger partial charge in [-0.25, -0.2) is 18.4 Å². The van der Waals surface area contributed by atoms with E-state index in [0.717, 1.165) is 32.4 Å². The minimum Gasteiger partial charge on any atom is -0.385 e. The normalized spacial score (nSPS) is 19.1. The zero-order valence-electron chi connectivity index (χ0n) is 13.1. The molecule has 0 aromatic carbocycles. The molecule has 1 atom stereocenters. The van der Waals surface area contributed by atoms with Crippen molar-refractivity contribution in [1.82, 2.24) is 15.3 Å². The second-order valence-electron chi connectivity index (χ2n) is 5.53. The summed E-state index contributed by atoms with van der Waals surface area (Å²) in [7, 11) is -1.67. The monoisotopic (exact) mass is 328 g/mol. The van der Waals surface area contributed by atoms with Crippen LogP contribution in [0.5, 0.6) is 0 Å². The summed E-state index contributed by atoms with van der Waals surface area (Å²) in [5, 5.41) is 6.42. The fraction of sp³-hybridized carbons (Fsp3) is 0.714. The van der Waals surface area contributed by atoms with Crippen LogP contribution in [0.15, 0.2) is 11.1 Å². The van der Waals surface area contributed by atoms with E-state index in [4.69, 9.17) is 4.74 Å². The van der Waals surface area contributed by atoms with Gasteiger partial charge in [0.1, 0.15) is 4.90 Å². The largest absolute Gasteiger partial charge is 0.385 e. The van der Waals surface area contributed by atoms with Gasteiger partial charge in [0.15, 0.2) is 9.84 Å². The fourth-order valence-corrected chi connectivity index (χ4v) is 3.39. The molecule has 2 N–H and O–H groups in total. The molecule has 0 saturated carbocycles. The zero-order chi connectivity index (χ0) is 16.0. The molecule has 0 aliphatic carbocycles. The summed E-state index contributed by atoms with van der Waals surface area (Å²) in [6.45, 7) is 3.07. The third-order valence-corrected chi connectivity index (χ3v) is 4.79. The number of nitrogens with zero attached hydrogens (tertiary/aromatic N) is 2. The van der Waals surface area contributed by atoms with Gasteiger partial charge >= 0.3 is 0 Å². The van der Waals surface area contributed by atoms with Crippen molar-refractivity contribution < 1.29 is 13.2 Å². The van der Waals surface area contributed by atoms with Gasteiger partial charge in [0, 0.05) is 39.0 Å². The van der Waals surface area contributed by atoms with Crippen LogP contribution < -0.4 is 10.6 Å². The number of anilines is 1. The predicted molar refractivity (Wildman–Crippen MR) is 85.0 cm³/mol. The maximum atomic E-state index is 12.0. The van der Waals surface area contributed by atoms with E-state index in [9.17, 15) is 8.42 Å². The van der Waals surface area contributed by atoms with Gasteiger partial charge in [-0.3, -0.25) is 0 Å². The Bertz CT molecular complexity index is 586. The number of sulfone groups is 1. The first kappa shape index (κ1) is 17.1. The van der Waals surface area contributed by atoms with E-state index in [1.54, 1.807) is 7.11 Å². The van der Waals surface area contributed by atoms with E-state index in [1.807, 2.05) is 0 Å². The van der Waals surface area contributed by atoms with Crippen LogP contribution in [-0.2, 0) is 14.6 Å². The molecule has 1 aromatic rings. The van der Waals surface area contributed by atoms with Crippen LogP contribution in [0, 0.1) is 0 Å². The summed E-state index contributed by atoms with van der Waals surface area (Å²) in [5.74, 6) is 0.588. The number of methoxy groups -OCH3 is 1. The fourth-order valence-electron chi connectivity index (χ4n) is 2.55. The summed E-state index contributed by atoms with van der Waals surface area (Å²) in [4.78, 5) is 8.85. The molecule has 1 aliphatic heterocycles. The lowest BCUT2D eigenvalue weighted by atomic mass is 9.96. The van der Waals surface area contributed by atoms with E-state index in [1.165, 1.54) is 12.5 Å². The van der Waals surface area contributed by atoms with Gasteiger partial charge in [-0.15, -0.1) is 0 Å². The van der Waals surface area contributed by atoms with Crippen LogP contribution >= 0.6 is 0 Å². The summed E-state index contributed by atoms with van der Waals surface area (Å²) >= 11 is 0. The Morgan fingerprint density at radius 1 is 1.50 bits per heavy atom. The van der Waals surface area contributed by atoms with Crippen molar-refractivity contribution in [1.29, 1.82) is 0 Å². The van der Waals surface area contributed by atoms with Gasteiger partial charge in [-0.2, -0.15) is 0 Å². The van der Waals surface area contributed by atoms with E-state index in [-0.39, 0.29) is 10.8 Å². The lowest BCUT2D eigenvalue weighted by Gasteiger charge is -2.24. The van der Waals surface area contributed by atoms with Crippen molar-refractivity contribution in [2.24, 2.45) is 0 Å². The molecule has 1 saturated heterocycles. The molecule has 22 heavy (non-hydrogen) atoms. The number of piperidine rings is 1. The van der Waals surface area contributed by atoms with Gasteiger partial charge < -0.3 is 15.4 Å². The molecule has 1 aromatic heterocycles. The zero-order valence-corrected chi connectivity index (χ0v) is 13.9. The molecule has 1 fully saturated rings. The first-order chi connectivity index (χ1) is 10.5. The Kier molecular flexibility index (Phi) is 6.10. The molecule has 1 aliphatic rings. The topological polar surface area (TPSA) is 93.2 Å². The molecule has 2 rings (SSSR count). The highest BCUT2D eigenvalue weighted by Gasteiger charge is 2.25. The second-order valence-corrected chi connectivity index (χ2v) is 7.52. The number of hydrogen-bond donors (Lipinski definition) is 2. The van der Waals surface area contributed by atoms with Crippen molar-refractivity contribution in [3.05, 3.63) is 11.9 Å². The summed E-state index contributed by atoms with van der Waals surface area (Å²) in [6.07, 6.45) is 5.43. The smallest absolute Gasteiger partial charge is 0.222 e. The molecule has 0 unspecified atom stereocenters. The third-order valence-electron chi connectivity index (χ3n) is 3.67. The Balaban J connectivity index is 2.21. The van der Waals surface area contributed by atoms with Gasteiger partial charge in [0.2, 0.25) is 5.95 Å². The number of nitrogens with one attached hydrogen (secondary N) is 2. The van der Waals surface area contributed by atoms with E-state index < -0.39 is 9.84 Å². The highest BCUT2D eigenvalue weighted by atomic mass is 32.2. The first-order valence-electron chi connectivity index (χ1n) is 7.53. The highest BCUT2D eigenvalue weighted by molar-refractivity contribution is 7.90. The summed E-state index contributed by atoms with van der Waals surface area (Å²) in [5.41, 5.74) is 0.624. The van der Waals surface area contributed by atoms with E-state index >= 15 is 0 Å². The maximum absolute atomic E-state index is 12.0. The predicted octanol–water partition coefficient (Wildman–Crippen LogP) is 0.796. The van der Waals surface area contributed by atoms with Crippen molar-refractivity contribution in [3.63, 3.8) is 0 Å². The van der Waals surface area contributed by atoms with E-state index in [0.29, 0.717) is 24.8 Å². The van der Waals surface area contributed by atoms with Gasteiger partial charge in [0.25, 0.3) is 0 Å². The average Bonchev–Trinajstić information content (AvgIpc) is 2.51. The van der Waals surface area contributed by atoms with Crippen LogP contribution in [0.4, 0.5) is 5.95 Å². The summed E-state index contributed by atoms with van der Waals surface area (Å²) in [6, 6.07) is 0. The average molecular weight is 328 g/mol. The molecular formula is C14H24N4O3S. The van der Waals surface area contributed by atoms with Crippen LogP contribution in [-0.4, -0.2) is 58.0 Å². The molecule has 8 heteroatoms. The lowest BCUT2D eigenvalue weighted by molar-refractivity contribution is 0.197. The SMILES string of the molecule is COCCCNc1ncc(S(C)(=O)=O)c([C@H]2CCCNC2)n1. The quantitative estimate of drug-likeness (QED) is 0.715. The second kappa shape index (κ2) is 7.85. The molecular weight excluding hydrogens is 304 g/mol. The molecule has 2 heterocycles. The third kappa shape index (κ3) is 4.62. The van der Waals surface area contributed by atoms with Gasteiger partial charge in [-0.1, -0.05) is 0 Å². The molecule has 0 spiro atoms. The number of ether oxygens (including phenoxy) is 1. The lowest BCUT2D eigenvalue weighted by Crippen LogP contribution is -2.30. The first-order valence-corrected chi connectivity index (χ1v) is 9.42. The Labute approximate surface area is 131 Å². The minimum atomic E-state index is -3.33. The standard InChI is InChI=1S/C14H24N4O3S/c1-21-8-4-7-16-14-17-10-12(22(2,19)20)13(18-14)11-5-3-6-15-9-11/h10-11,15H,3-9H2,1-2H3,(H,16,17,18)/t11-/m0/s1. The van der Waals surface area contributed by atoms with Crippen molar-refractivity contribution in [2.75, 3.05) is 44.9 Å². The number of aromatic nitrogens is 2. The minimum absolute atomic E-state index is 0.112. The maximum Gasteiger partial charge on any atom is 0.222 e. The van der Waals surface area contributed by atoms with Crippen molar-refractivity contribution in [2.45, 2.75) is 30.1 Å². The number of hydrogen-bond acceptors (Lipinski definition) is 7. The van der Waals surface area contributed by atoms with E-state index in [2.05, 4.69) is 20.6 Å². The van der Waals surface area contributed by atoms with Crippen LogP contribution in [0.2, 0.25) is 0 Å². The summed E-state index contributed by atoms with van der Waals surface area (Å²) < 4.78 is 28.9. The van der Waals surface area contributed by atoms with Gasteiger partial charge in [-0.05, 0) is 25.8 Å². The molecule has 124 valence electrons. The Morgan fingerprint density at radius 3 is 2.95 bits per heavy atom. The van der Waals surface area contributed by atoms with Crippen molar-refractivity contribution in [3.8, 4) is 0 Å². The van der Waals surface area contributed by atoms with Crippen LogP contribution in [0.25, 0.3) is 0 Å². The molecule has 0 radical (unpaired) electrons. The van der Waals surface area contributed by atoms with Crippen LogP contribution in [0.3, 0.4) is 0 Å². The highest BCUT2D eigenvalue weighted by Crippen LogP contribution is 2.27. The van der Waals surface area contributed by atoms with Gasteiger partial charge in [0.05, 0.1) is 11.9 Å². The van der Waals surface area contributed by atoms with Crippen LogP contribution in [0.1, 0.15) is 30.9 Å². The number of rotatable bonds is 7. The Hall–Kier alpha value is -1.25.